The van der Waals surface area contributed by atoms with Gasteiger partial charge in [-0.1, -0.05) is 18.2 Å². The minimum absolute atomic E-state index is 0.453. The second-order valence-electron chi connectivity index (χ2n) is 3.97. The molecule has 0 amide bonds. The van der Waals surface area contributed by atoms with Gasteiger partial charge < -0.3 is 10.6 Å². The van der Waals surface area contributed by atoms with E-state index in [0.29, 0.717) is 6.04 Å². The van der Waals surface area contributed by atoms with E-state index in [2.05, 4.69) is 42.5 Å². The first-order valence-electron chi connectivity index (χ1n) is 5.76. The SMILES string of the molecule is CSCCCC(CN)N(C)c1ccccc1. The standard InChI is InChI=1S/C13H22N2S/c1-15(12-7-4-3-5-8-12)13(11-14)9-6-10-16-2/h3-5,7-8,13H,6,9-11,14H2,1-2H3. The van der Waals surface area contributed by atoms with Crippen LogP contribution in [0.2, 0.25) is 0 Å². The third-order valence-electron chi connectivity index (χ3n) is 2.87. The maximum absolute atomic E-state index is 5.84. The fourth-order valence-corrected chi connectivity index (χ4v) is 2.26. The van der Waals surface area contributed by atoms with Gasteiger partial charge in [-0.15, -0.1) is 0 Å². The smallest absolute Gasteiger partial charge is 0.0409 e. The number of hydrogen-bond donors (Lipinski definition) is 1. The fourth-order valence-electron chi connectivity index (χ4n) is 1.81. The summed E-state index contributed by atoms with van der Waals surface area (Å²) in [4.78, 5) is 2.29. The molecule has 0 spiro atoms. The van der Waals surface area contributed by atoms with Gasteiger partial charge in [0.05, 0.1) is 0 Å². The van der Waals surface area contributed by atoms with Crippen molar-refractivity contribution in [2.75, 3.05) is 30.5 Å². The highest BCUT2D eigenvalue weighted by Gasteiger charge is 2.12. The molecule has 0 fully saturated rings. The molecule has 1 atom stereocenters. The van der Waals surface area contributed by atoms with Gasteiger partial charge in [0.1, 0.15) is 0 Å². The van der Waals surface area contributed by atoms with E-state index in [1.54, 1.807) is 0 Å². The molecule has 0 radical (unpaired) electrons. The van der Waals surface area contributed by atoms with Crippen molar-refractivity contribution in [3.63, 3.8) is 0 Å². The molecule has 0 bridgehead atoms. The number of para-hydroxylation sites is 1. The molecule has 0 aliphatic carbocycles. The van der Waals surface area contributed by atoms with E-state index in [1.807, 2.05) is 17.8 Å². The summed E-state index contributed by atoms with van der Waals surface area (Å²) in [6.45, 7) is 0.722. The lowest BCUT2D eigenvalue weighted by molar-refractivity contribution is 0.583. The van der Waals surface area contributed by atoms with Gasteiger partial charge in [0, 0.05) is 25.3 Å². The third kappa shape index (κ3) is 4.06. The lowest BCUT2D eigenvalue weighted by atomic mass is 10.1. The Bertz CT molecular complexity index is 277. The molecule has 1 unspecified atom stereocenters. The highest BCUT2D eigenvalue weighted by Crippen LogP contribution is 2.17. The number of thioether (sulfide) groups is 1. The van der Waals surface area contributed by atoms with Gasteiger partial charge in [-0.3, -0.25) is 0 Å². The van der Waals surface area contributed by atoms with Crippen LogP contribution in [0.1, 0.15) is 12.8 Å². The molecule has 0 aliphatic heterocycles. The van der Waals surface area contributed by atoms with E-state index in [-0.39, 0.29) is 0 Å². The Kier molecular flexibility index (Phi) is 6.34. The van der Waals surface area contributed by atoms with Crippen molar-refractivity contribution < 1.29 is 0 Å². The lowest BCUT2D eigenvalue weighted by Gasteiger charge is -2.29. The van der Waals surface area contributed by atoms with Crippen LogP contribution < -0.4 is 10.6 Å². The van der Waals surface area contributed by atoms with Crippen LogP contribution in [0.25, 0.3) is 0 Å². The minimum Gasteiger partial charge on any atom is -0.370 e. The zero-order valence-electron chi connectivity index (χ0n) is 10.2. The Morgan fingerprint density at radius 3 is 2.56 bits per heavy atom. The van der Waals surface area contributed by atoms with Crippen molar-refractivity contribution in [3.8, 4) is 0 Å². The molecule has 16 heavy (non-hydrogen) atoms. The molecule has 0 saturated carbocycles. The van der Waals surface area contributed by atoms with Crippen LogP contribution in [0.3, 0.4) is 0 Å². The number of rotatable bonds is 7. The molecule has 3 heteroatoms. The van der Waals surface area contributed by atoms with Crippen LogP contribution in [-0.4, -0.2) is 31.6 Å². The van der Waals surface area contributed by atoms with Crippen molar-refractivity contribution >= 4 is 17.4 Å². The summed E-state index contributed by atoms with van der Waals surface area (Å²) in [7, 11) is 2.13. The highest BCUT2D eigenvalue weighted by atomic mass is 32.2. The second kappa shape index (κ2) is 7.58. The zero-order valence-corrected chi connectivity index (χ0v) is 11.0. The summed E-state index contributed by atoms with van der Waals surface area (Å²) in [6.07, 6.45) is 4.56. The Morgan fingerprint density at radius 2 is 2.00 bits per heavy atom. The maximum atomic E-state index is 5.84. The molecule has 0 saturated heterocycles. The number of anilines is 1. The van der Waals surface area contributed by atoms with Crippen molar-refractivity contribution in [2.24, 2.45) is 5.73 Å². The predicted molar refractivity (Wildman–Crippen MR) is 75.3 cm³/mol. The van der Waals surface area contributed by atoms with Crippen molar-refractivity contribution in [2.45, 2.75) is 18.9 Å². The molecule has 1 aromatic carbocycles. The van der Waals surface area contributed by atoms with Crippen molar-refractivity contribution in [1.82, 2.24) is 0 Å². The van der Waals surface area contributed by atoms with Crippen molar-refractivity contribution in [3.05, 3.63) is 30.3 Å². The number of hydrogen-bond acceptors (Lipinski definition) is 3. The van der Waals surface area contributed by atoms with Gasteiger partial charge in [-0.2, -0.15) is 11.8 Å². The fraction of sp³-hybridized carbons (Fsp3) is 0.538. The van der Waals surface area contributed by atoms with Gasteiger partial charge in [0.15, 0.2) is 0 Å². The average Bonchev–Trinajstić information content (AvgIpc) is 2.35. The summed E-state index contributed by atoms with van der Waals surface area (Å²) in [5.74, 6) is 1.22. The van der Waals surface area contributed by atoms with Gasteiger partial charge >= 0.3 is 0 Å². The molecule has 0 aromatic heterocycles. The average molecular weight is 238 g/mol. The summed E-state index contributed by atoms with van der Waals surface area (Å²) in [5, 5.41) is 0. The van der Waals surface area contributed by atoms with Gasteiger partial charge in [0.25, 0.3) is 0 Å². The molecule has 1 aromatic rings. The lowest BCUT2D eigenvalue weighted by Crippen LogP contribution is -2.38. The first-order chi connectivity index (χ1) is 7.79. The Balaban J connectivity index is 2.52. The summed E-state index contributed by atoms with van der Waals surface area (Å²) in [5.41, 5.74) is 7.10. The molecule has 0 aliphatic rings. The summed E-state index contributed by atoms with van der Waals surface area (Å²) in [6, 6.07) is 10.9. The first-order valence-corrected chi connectivity index (χ1v) is 7.16. The quantitative estimate of drug-likeness (QED) is 0.740. The first kappa shape index (κ1) is 13.4. The topological polar surface area (TPSA) is 29.3 Å². The second-order valence-corrected chi connectivity index (χ2v) is 4.96. The summed E-state index contributed by atoms with van der Waals surface area (Å²) < 4.78 is 0. The normalized spacial score (nSPS) is 12.4. The van der Waals surface area contributed by atoms with Gasteiger partial charge in [-0.25, -0.2) is 0 Å². The third-order valence-corrected chi connectivity index (χ3v) is 3.57. The number of likely N-dealkylation sites (N-methyl/N-ethyl adjacent to an activating group) is 1. The molecule has 2 N–H and O–H groups in total. The van der Waals surface area contributed by atoms with Crippen LogP contribution in [0.15, 0.2) is 30.3 Å². The van der Waals surface area contributed by atoms with E-state index in [9.17, 15) is 0 Å². The van der Waals surface area contributed by atoms with E-state index in [0.717, 1.165) is 6.54 Å². The largest absolute Gasteiger partial charge is 0.370 e. The molecular formula is C13H22N2S. The molecular weight excluding hydrogens is 216 g/mol. The monoisotopic (exact) mass is 238 g/mol. The number of nitrogens with zero attached hydrogens (tertiary/aromatic N) is 1. The van der Waals surface area contributed by atoms with Crippen LogP contribution in [0.5, 0.6) is 0 Å². The highest BCUT2D eigenvalue weighted by molar-refractivity contribution is 7.98. The van der Waals surface area contributed by atoms with E-state index < -0.39 is 0 Å². The zero-order chi connectivity index (χ0) is 11.8. The number of benzene rings is 1. The number of nitrogens with two attached hydrogens (primary N) is 1. The predicted octanol–water partition coefficient (Wildman–Crippen LogP) is 2.59. The molecule has 1 rings (SSSR count). The summed E-state index contributed by atoms with van der Waals surface area (Å²) >= 11 is 1.90. The van der Waals surface area contributed by atoms with Crippen molar-refractivity contribution in [1.29, 1.82) is 0 Å². The van der Waals surface area contributed by atoms with Gasteiger partial charge in [-0.05, 0) is 37.0 Å². The molecule has 0 heterocycles. The van der Waals surface area contributed by atoms with Crippen LogP contribution >= 0.6 is 11.8 Å². The van der Waals surface area contributed by atoms with E-state index >= 15 is 0 Å². The van der Waals surface area contributed by atoms with E-state index in [4.69, 9.17) is 5.73 Å². The molecule has 90 valence electrons. The Hall–Kier alpha value is -0.670. The maximum Gasteiger partial charge on any atom is 0.0409 e. The Morgan fingerprint density at radius 1 is 1.31 bits per heavy atom. The minimum atomic E-state index is 0.453. The van der Waals surface area contributed by atoms with Gasteiger partial charge in [0.2, 0.25) is 0 Å². The van der Waals surface area contributed by atoms with Crippen LogP contribution in [0.4, 0.5) is 5.69 Å². The van der Waals surface area contributed by atoms with Crippen LogP contribution in [0, 0.1) is 0 Å². The van der Waals surface area contributed by atoms with Crippen LogP contribution in [-0.2, 0) is 0 Å². The van der Waals surface area contributed by atoms with E-state index in [1.165, 1.54) is 24.3 Å². The molecule has 2 nitrogen and oxygen atoms in total. The Labute approximate surface area is 103 Å².